The number of hydrogen-bond acceptors (Lipinski definition) is 2. The summed E-state index contributed by atoms with van der Waals surface area (Å²) < 4.78 is 13.1. The number of aromatic hydroxyl groups is 1. The molecule has 0 spiro atoms. The molecule has 2 aromatic rings. The van der Waals surface area contributed by atoms with Crippen molar-refractivity contribution in [3.8, 4) is 5.75 Å². The molecule has 0 aliphatic carbocycles. The number of aryl methyl sites for hydroxylation is 1. The van der Waals surface area contributed by atoms with Gasteiger partial charge in [-0.05, 0) is 35.7 Å². The molecule has 0 heterocycles. The second-order valence-corrected chi connectivity index (χ2v) is 4.51. The molecule has 0 fully saturated rings. The average molecular weight is 273 g/mol. The van der Waals surface area contributed by atoms with Crippen LogP contribution in [0.25, 0.3) is 0 Å². The van der Waals surface area contributed by atoms with Crippen LogP contribution < -0.4 is 5.32 Å². The van der Waals surface area contributed by atoms with E-state index >= 15 is 0 Å². The third kappa shape index (κ3) is 3.35. The molecule has 0 aliphatic heterocycles. The van der Waals surface area contributed by atoms with E-state index in [1.807, 2.05) is 24.3 Å². The SMILES string of the molecule is CCc1ccc(CNC(=O)c2cc(F)ccc2O)cc1. The van der Waals surface area contributed by atoms with Gasteiger partial charge in [-0.25, -0.2) is 4.39 Å². The van der Waals surface area contributed by atoms with Crippen LogP contribution in [-0.2, 0) is 13.0 Å². The summed E-state index contributed by atoms with van der Waals surface area (Å²) in [6.45, 7) is 2.41. The van der Waals surface area contributed by atoms with Crippen molar-refractivity contribution in [1.82, 2.24) is 5.32 Å². The minimum Gasteiger partial charge on any atom is -0.507 e. The van der Waals surface area contributed by atoms with E-state index in [4.69, 9.17) is 0 Å². The zero-order valence-electron chi connectivity index (χ0n) is 11.2. The Balaban J connectivity index is 2.02. The van der Waals surface area contributed by atoms with Crippen molar-refractivity contribution in [1.29, 1.82) is 0 Å². The number of carbonyl (C=O) groups excluding carboxylic acids is 1. The Labute approximate surface area is 117 Å². The van der Waals surface area contributed by atoms with Gasteiger partial charge in [-0.2, -0.15) is 0 Å². The number of amides is 1. The fourth-order valence-electron chi connectivity index (χ4n) is 1.86. The lowest BCUT2D eigenvalue weighted by atomic mass is 10.1. The van der Waals surface area contributed by atoms with Gasteiger partial charge in [0, 0.05) is 6.54 Å². The van der Waals surface area contributed by atoms with Gasteiger partial charge in [0.05, 0.1) is 5.56 Å². The van der Waals surface area contributed by atoms with Crippen molar-refractivity contribution >= 4 is 5.91 Å². The molecule has 0 atom stereocenters. The summed E-state index contributed by atoms with van der Waals surface area (Å²) in [5.41, 5.74) is 2.12. The molecule has 2 aromatic carbocycles. The second-order valence-electron chi connectivity index (χ2n) is 4.51. The Bertz CT molecular complexity index is 608. The summed E-state index contributed by atoms with van der Waals surface area (Å²) >= 11 is 0. The third-order valence-corrected chi connectivity index (χ3v) is 3.09. The van der Waals surface area contributed by atoms with Crippen LogP contribution >= 0.6 is 0 Å². The first-order valence-electron chi connectivity index (χ1n) is 6.44. The van der Waals surface area contributed by atoms with E-state index in [9.17, 15) is 14.3 Å². The molecule has 3 nitrogen and oxygen atoms in total. The molecule has 0 radical (unpaired) electrons. The van der Waals surface area contributed by atoms with Gasteiger partial charge in [-0.15, -0.1) is 0 Å². The van der Waals surface area contributed by atoms with Crippen molar-refractivity contribution in [3.63, 3.8) is 0 Å². The van der Waals surface area contributed by atoms with Crippen LogP contribution in [0.3, 0.4) is 0 Å². The summed E-state index contributed by atoms with van der Waals surface area (Å²) in [7, 11) is 0. The van der Waals surface area contributed by atoms with Gasteiger partial charge in [0.15, 0.2) is 0 Å². The van der Waals surface area contributed by atoms with Gasteiger partial charge < -0.3 is 10.4 Å². The van der Waals surface area contributed by atoms with Gasteiger partial charge in [-0.3, -0.25) is 4.79 Å². The number of benzene rings is 2. The van der Waals surface area contributed by atoms with Crippen LogP contribution in [0.4, 0.5) is 4.39 Å². The van der Waals surface area contributed by atoms with Crippen LogP contribution in [-0.4, -0.2) is 11.0 Å². The zero-order chi connectivity index (χ0) is 14.5. The Morgan fingerprint density at radius 1 is 1.15 bits per heavy atom. The molecule has 0 unspecified atom stereocenters. The topological polar surface area (TPSA) is 49.3 Å². The van der Waals surface area contributed by atoms with E-state index in [1.54, 1.807) is 0 Å². The highest BCUT2D eigenvalue weighted by Gasteiger charge is 2.11. The van der Waals surface area contributed by atoms with Crippen LogP contribution in [0.15, 0.2) is 42.5 Å². The third-order valence-electron chi connectivity index (χ3n) is 3.09. The number of halogens is 1. The van der Waals surface area contributed by atoms with Crippen LogP contribution in [0.5, 0.6) is 5.75 Å². The van der Waals surface area contributed by atoms with Crippen LogP contribution in [0.1, 0.15) is 28.4 Å². The van der Waals surface area contributed by atoms with Gasteiger partial charge in [0.1, 0.15) is 11.6 Å². The molecule has 0 aromatic heterocycles. The van der Waals surface area contributed by atoms with Gasteiger partial charge in [0.2, 0.25) is 0 Å². The highest BCUT2D eigenvalue weighted by Crippen LogP contribution is 2.17. The molecule has 0 saturated carbocycles. The summed E-state index contributed by atoms with van der Waals surface area (Å²) in [4.78, 5) is 11.9. The van der Waals surface area contributed by atoms with Crippen LogP contribution in [0.2, 0.25) is 0 Å². The molecular weight excluding hydrogens is 257 g/mol. The zero-order valence-corrected chi connectivity index (χ0v) is 11.2. The largest absolute Gasteiger partial charge is 0.507 e. The van der Waals surface area contributed by atoms with Crippen molar-refractivity contribution < 1.29 is 14.3 Å². The van der Waals surface area contributed by atoms with E-state index in [-0.39, 0.29) is 11.3 Å². The summed E-state index contributed by atoms with van der Waals surface area (Å²) in [5.74, 6) is -1.29. The first kappa shape index (κ1) is 14.1. The number of rotatable bonds is 4. The minimum absolute atomic E-state index is 0.0600. The van der Waals surface area contributed by atoms with Crippen LogP contribution in [0, 0.1) is 5.82 Å². The molecule has 4 heteroatoms. The normalized spacial score (nSPS) is 10.3. The summed E-state index contributed by atoms with van der Waals surface area (Å²) in [5, 5.41) is 12.2. The highest BCUT2D eigenvalue weighted by atomic mass is 19.1. The predicted octanol–water partition coefficient (Wildman–Crippen LogP) is 3.02. The van der Waals surface area contributed by atoms with E-state index < -0.39 is 11.7 Å². The van der Waals surface area contributed by atoms with Gasteiger partial charge >= 0.3 is 0 Å². The first-order valence-corrected chi connectivity index (χ1v) is 6.44. The first-order chi connectivity index (χ1) is 9.60. The maximum atomic E-state index is 13.1. The number of hydrogen-bond donors (Lipinski definition) is 2. The lowest BCUT2D eigenvalue weighted by Crippen LogP contribution is -2.23. The molecule has 104 valence electrons. The fraction of sp³-hybridized carbons (Fsp3) is 0.188. The summed E-state index contributed by atoms with van der Waals surface area (Å²) in [6.07, 6.45) is 0.962. The number of phenols is 1. The number of carbonyl (C=O) groups is 1. The Morgan fingerprint density at radius 3 is 2.45 bits per heavy atom. The maximum Gasteiger partial charge on any atom is 0.255 e. The average Bonchev–Trinajstić information content (AvgIpc) is 2.47. The Hall–Kier alpha value is -2.36. The van der Waals surface area contributed by atoms with Gasteiger partial charge in [-0.1, -0.05) is 31.2 Å². The Kier molecular flexibility index (Phi) is 4.35. The van der Waals surface area contributed by atoms with Crippen molar-refractivity contribution in [2.24, 2.45) is 0 Å². The lowest BCUT2D eigenvalue weighted by molar-refractivity contribution is 0.0947. The predicted molar refractivity (Wildman–Crippen MR) is 75.1 cm³/mol. The molecule has 2 N–H and O–H groups in total. The second kappa shape index (κ2) is 6.19. The van der Waals surface area contributed by atoms with Gasteiger partial charge in [0.25, 0.3) is 5.91 Å². The number of nitrogens with one attached hydrogen (secondary N) is 1. The Morgan fingerprint density at radius 2 is 1.80 bits per heavy atom. The molecule has 0 bridgehead atoms. The van der Waals surface area contributed by atoms with E-state index in [1.165, 1.54) is 11.6 Å². The van der Waals surface area contributed by atoms with E-state index in [2.05, 4.69) is 12.2 Å². The standard InChI is InChI=1S/C16H16FNO2/c1-2-11-3-5-12(6-4-11)10-18-16(20)14-9-13(17)7-8-15(14)19/h3-9,19H,2,10H2,1H3,(H,18,20). The van der Waals surface area contributed by atoms with Crippen molar-refractivity contribution in [3.05, 3.63) is 65.0 Å². The monoisotopic (exact) mass is 273 g/mol. The quantitative estimate of drug-likeness (QED) is 0.899. The number of phenolic OH excluding ortho intramolecular Hbond substituents is 1. The van der Waals surface area contributed by atoms with Crippen molar-refractivity contribution in [2.45, 2.75) is 19.9 Å². The summed E-state index contributed by atoms with van der Waals surface area (Å²) in [6, 6.07) is 11.2. The lowest BCUT2D eigenvalue weighted by Gasteiger charge is -2.07. The molecule has 1 amide bonds. The van der Waals surface area contributed by atoms with Crippen molar-refractivity contribution in [2.75, 3.05) is 0 Å². The van der Waals surface area contributed by atoms with E-state index in [0.29, 0.717) is 6.54 Å². The molecule has 0 saturated heterocycles. The molecule has 0 aliphatic rings. The molecular formula is C16H16FNO2. The smallest absolute Gasteiger partial charge is 0.255 e. The minimum atomic E-state index is -0.555. The van der Waals surface area contributed by atoms with E-state index in [0.717, 1.165) is 24.1 Å². The maximum absolute atomic E-state index is 13.1. The highest BCUT2D eigenvalue weighted by molar-refractivity contribution is 5.96. The molecule has 20 heavy (non-hydrogen) atoms. The fourth-order valence-corrected chi connectivity index (χ4v) is 1.86. The molecule has 2 rings (SSSR count).